The number of hydrogen-bond donors (Lipinski definition) is 1. The van der Waals surface area contributed by atoms with Crippen LogP contribution < -0.4 is 5.32 Å². The highest BCUT2D eigenvalue weighted by molar-refractivity contribution is 7.88. The Kier molecular flexibility index (Phi) is 8.20. The zero-order chi connectivity index (χ0) is 15.1. The first-order valence-electron chi connectivity index (χ1n) is 6.56. The molecule has 0 aliphatic rings. The van der Waals surface area contributed by atoms with E-state index in [1.165, 1.54) is 4.31 Å². The van der Waals surface area contributed by atoms with Crippen molar-refractivity contribution in [3.8, 4) is 0 Å². The van der Waals surface area contributed by atoms with Gasteiger partial charge < -0.3 is 10.2 Å². The van der Waals surface area contributed by atoms with Crippen molar-refractivity contribution in [3.05, 3.63) is 0 Å². The number of carbonyl (C=O) groups is 1. The largest absolute Gasteiger partial charge is 0.353 e. The van der Waals surface area contributed by atoms with Gasteiger partial charge >= 0.3 is 0 Å². The van der Waals surface area contributed by atoms with Gasteiger partial charge in [-0.1, -0.05) is 6.92 Å². The number of sulfonamides is 1. The summed E-state index contributed by atoms with van der Waals surface area (Å²) in [5.74, 6) is -0.246. The SMILES string of the molecule is CCC(C)NC(=O)CN(CCCN(C)C)S(C)(=O)=O. The smallest absolute Gasteiger partial charge is 0.235 e. The fraction of sp³-hybridized carbons (Fsp3) is 0.917. The molecular weight excluding hydrogens is 266 g/mol. The quantitative estimate of drug-likeness (QED) is 0.655. The molecule has 1 N–H and O–H groups in total. The molecule has 0 spiro atoms. The van der Waals surface area contributed by atoms with E-state index in [4.69, 9.17) is 0 Å². The molecule has 7 heteroatoms. The van der Waals surface area contributed by atoms with Crippen LogP contribution in [0.15, 0.2) is 0 Å². The average molecular weight is 293 g/mol. The van der Waals surface area contributed by atoms with Crippen molar-refractivity contribution in [2.24, 2.45) is 0 Å². The molecule has 0 heterocycles. The molecule has 114 valence electrons. The van der Waals surface area contributed by atoms with E-state index >= 15 is 0 Å². The molecule has 0 saturated carbocycles. The average Bonchev–Trinajstić information content (AvgIpc) is 2.25. The summed E-state index contributed by atoms with van der Waals surface area (Å²) < 4.78 is 24.5. The molecule has 0 fully saturated rings. The van der Waals surface area contributed by atoms with Crippen LogP contribution in [-0.4, -0.2) is 69.6 Å². The molecule has 0 bridgehead atoms. The zero-order valence-electron chi connectivity index (χ0n) is 12.6. The van der Waals surface area contributed by atoms with E-state index in [1.54, 1.807) is 0 Å². The molecule has 0 aromatic heterocycles. The zero-order valence-corrected chi connectivity index (χ0v) is 13.5. The number of amides is 1. The van der Waals surface area contributed by atoms with Gasteiger partial charge in [0.05, 0.1) is 12.8 Å². The molecule has 0 aromatic rings. The molecule has 19 heavy (non-hydrogen) atoms. The molecule has 0 aliphatic heterocycles. The lowest BCUT2D eigenvalue weighted by atomic mass is 10.2. The molecule has 1 atom stereocenters. The lowest BCUT2D eigenvalue weighted by molar-refractivity contribution is -0.121. The predicted molar refractivity (Wildman–Crippen MR) is 77.5 cm³/mol. The van der Waals surface area contributed by atoms with Crippen molar-refractivity contribution in [2.45, 2.75) is 32.7 Å². The summed E-state index contributed by atoms with van der Waals surface area (Å²) in [5.41, 5.74) is 0. The van der Waals surface area contributed by atoms with Crippen LogP contribution in [0, 0.1) is 0 Å². The van der Waals surface area contributed by atoms with Crippen molar-refractivity contribution in [3.63, 3.8) is 0 Å². The van der Waals surface area contributed by atoms with E-state index in [-0.39, 0.29) is 18.5 Å². The standard InChI is InChI=1S/C12H27N3O3S/c1-6-11(2)13-12(16)10-15(19(5,17)18)9-7-8-14(3)4/h11H,6-10H2,1-5H3,(H,13,16). The third-order valence-electron chi connectivity index (χ3n) is 2.82. The Hall–Kier alpha value is -0.660. The summed E-state index contributed by atoms with van der Waals surface area (Å²) in [6.07, 6.45) is 2.67. The topological polar surface area (TPSA) is 69.7 Å². The molecule has 0 rings (SSSR count). The minimum absolute atomic E-state index is 0.0654. The first kappa shape index (κ1) is 18.3. The first-order chi connectivity index (χ1) is 8.66. The van der Waals surface area contributed by atoms with Gasteiger partial charge in [0, 0.05) is 12.6 Å². The molecule has 0 radical (unpaired) electrons. The molecule has 0 aliphatic carbocycles. The normalized spacial score (nSPS) is 13.8. The van der Waals surface area contributed by atoms with E-state index in [1.807, 2.05) is 32.8 Å². The van der Waals surface area contributed by atoms with Gasteiger partial charge in [-0.05, 0) is 40.4 Å². The second-order valence-electron chi connectivity index (χ2n) is 5.13. The molecule has 0 saturated heterocycles. The van der Waals surface area contributed by atoms with Gasteiger partial charge in [-0.15, -0.1) is 0 Å². The van der Waals surface area contributed by atoms with Gasteiger partial charge in [-0.25, -0.2) is 8.42 Å². The maximum absolute atomic E-state index is 11.7. The van der Waals surface area contributed by atoms with Crippen LogP contribution in [0.1, 0.15) is 26.7 Å². The Morgan fingerprint density at radius 2 is 1.84 bits per heavy atom. The van der Waals surface area contributed by atoms with Crippen molar-refractivity contribution >= 4 is 15.9 Å². The van der Waals surface area contributed by atoms with E-state index in [0.717, 1.165) is 19.2 Å². The van der Waals surface area contributed by atoms with E-state index in [0.29, 0.717) is 13.0 Å². The molecular formula is C12H27N3O3S. The van der Waals surface area contributed by atoms with E-state index in [2.05, 4.69) is 5.32 Å². The summed E-state index contributed by atoms with van der Waals surface area (Å²) in [6, 6.07) is 0.0654. The van der Waals surface area contributed by atoms with Crippen molar-refractivity contribution < 1.29 is 13.2 Å². The maximum Gasteiger partial charge on any atom is 0.235 e. The Morgan fingerprint density at radius 1 is 1.26 bits per heavy atom. The third kappa shape index (κ3) is 8.96. The second kappa shape index (κ2) is 8.50. The van der Waals surface area contributed by atoms with Crippen molar-refractivity contribution in [2.75, 3.05) is 40.0 Å². The Bertz CT molecular complexity index is 368. The van der Waals surface area contributed by atoms with Crippen LogP contribution in [0.25, 0.3) is 0 Å². The second-order valence-corrected chi connectivity index (χ2v) is 7.11. The minimum Gasteiger partial charge on any atom is -0.353 e. The highest BCUT2D eigenvalue weighted by Gasteiger charge is 2.20. The summed E-state index contributed by atoms with van der Waals surface area (Å²) in [6.45, 7) is 4.92. The number of carbonyl (C=O) groups excluding carboxylic acids is 1. The first-order valence-corrected chi connectivity index (χ1v) is 8.40. The van der Waals surface area contributed by atoms with Gasteiger partial charge in [-0.3, -0.25) is 4.79 Å². The van der Waals surface area contributed by atoms with Gasteiger partial charge in [0.15, 0.2) is 0 Å². The van der Waals surface area contributed by atoms with Crippen molar-refractivity contribution in [1.82, 2.24) is 14.5 Å². The van der Waals surface area contributed by atoms with Gasteiger partial charge in [0.2, 0.25) is 15.9 Å². The van der Waals surface area contributed by atoms with Crippen LogP contribution in [0.4, 0.5) is 0 Å². The van der Waals surface area contributed by atoms with E-state index < -0.39 is 10.0 Å². The minimum atomic E-state index is -3.35. The Labute approximate surface area is 117 Å². The maximum atomic E-state index is 11.7. The Morgan fingerprint density at radius 3 is 2.26 bits per heavy atom. The van der Waals surface area contributed by atoms with Crippen LogP contribution in [0.3, 0.4) is 0 Å². The van der Waals surface area contributed by atoms with Gasteiger partial charge in [-0.2, -0.15) is 4.31 Å². The summed E-state index contributed by atoms with van der Waals surface area (Å²) in [4.78, 5) is 13.7. The number of rotatable bonds is 9. The monoisotopic (exact) mass is 293 g/mol. The molecule has 0 aromatic carbocycles. The predicted octanol–water partition coefficient (Wildman–Crippen LogP) is 0.114. The fourth-order valence-corrected chi connectivity index (χ4v) is 2.32. The van der Waals surface area contributed by atoms with Crippen LogP contribution in [-0.2, 0) is 14.8 Å². The molecule has 6 nitrogen and oxygen atoms in total. The summed E-state index contributed by atoms with van der Waals surface area (Å²) in [5, 5.41) is 2.78. The van der Waals surface area contributed by atoms with Crippen molar-refractivity contribution in [1.29, 1.82) is 0 Å². The summed E-state index contributed by atoms with van der Waals surface area (Å²) in [7, 11) is 0.515. The highest BCUT2D eigenvalue weighted by atomic mass is 32.2. The third-order valence-corrected chi connectivity index (χ3v) is 4.07. The van der Waals surface area contributed by atoms with Crippen LogP contribution in [0.2, 0.25) is 0 Å². The molecule has 1 unspecified atom stereocenters. The number of hydrogen-bond acceptors (Lipinski definition) is 4. The van der Waals surface area contributed by atoms with Gasteiger partial charge in [0.1, 0.15) is 0 Å². The lowest BCUT2D eigenvalue weighted by Gasteiger charge is -2.21. The summed E-state index contributed by atoms with van der Waals surface area (Å²) >= 11 is 0. The highest BCUT2D eigenvalue weighted by Crippen LogP contribution is 2.00. The van der Waals surface area contributed by atoms with Crippen LogP contribution in [0.5, 0.6) is 0 Å². The molecule has 1 amide bonds. The van der Waals surface area contributed by atoms with E-state index in [9.17, 15) is 13.2 Å². The number of nitrogens with zero attached hydrogens (tertiary/aromatic N) is 2. The van der Waals surface area contributed by atoms with Gasteiger partial charge in [0.25, 0.3) is 0 Å². The lowest BCUT2D eigenvalue weighted by Crippen LogP contribution is -2.43. The number of nitrogens with one attached hydrogen (secondary N) is 1. The fourth-order valence-electron chi connectivity index (χ4n) is 1.51. The Balaban J connectivity index is 4.41. The van der Waals surface area contributed by atoms with Crippen LogP contribution >= 0.6 is 0 Å².